The maximum Gasteiger partial charge on any atom is 0.265 e. The Morgan fingerprint density at radius 3 is 2.50 bits per heavy atom. The van der Waals surface area contributed by atoms with Crippen LogP contribution in [0, 0.1) is 0 Å². The SMILES string of the molecule is O=C(Cl)c1cnc(Br)c(Br)c1C(F)F. The van der Waals surface area contributed by atoms with Gasteiger partial charge in [-0.3, -0.25) is 4.79 Å². The van der Waals surface area contributed by atoms with E-state index in [-0.39, 0.29) is 14.6 Å². The van der Waals surface area contributed by atoms with Gasteiger partial charge in [-0.05, 0) is 43.5 Å². The number of hydrogen-bond donors (Lipinski definition) is 0. The first-order valence-electron chi connectivity index (χ1n) is 3.27. The fraction of sp³-hybridized carbons (Fsp3) is 0.143. The summed E-state index contributed by atoms with van der Waals surface area (Å²) in [6.45, 7) is 0. The third-order valence-electron chi connectivity index (χ3n) is 1.44. The highest BCUT2D eigenvalue weighted by molar-refractivity contribution is 9.13. The zero-order chi connectivity index (χ0) is 10.9. The molecule has 14 heavy (non-hydrogen) atoms. The molecule has 0 aromatic carbocycles. The van der Waals surface area contributed by atoms with E-state index in [2.05, 4.69) is 36.8 Å². The summed E-state index contributed by atoms with van der Waals surface area (Å²) in [5, 5.41) is -0.957. The van der Waals surface area contributed by atoms with Crippen molar-refractivity contribution < 1.29 is 13.6 Å². The van der Waals surface area contributed by atoms with E-state index >= 15 is 0 Å². The van der Waals surface area contributed by atoms with Crippen molar-refractivity contribution in [2.75, 3.05) is 0 Å². The lowest BCUT2D eigenvalue weighted by Crippen LogP contribution is -2.01. The van der Waals surface area contributed by atoms with Crippen molar-refractivity contribution in [2.24, 2.45) is 0 Å². The summed E-state index contributed by atoms with van der Waals surface area (Å²) in [6.07, 6.45) is -1.78. The molecule has 7 heteroatoms. The molecule has 0 aliphatic rings. The Hall–Kier alpha value is -0.0700. The highest BCUT2D eigenvalue weighted by Crippen LogP contribution is 2.34. The molecule has 0 bridgehead atoms. The summed E-state index contributed by atoms with van der Waals surface area (Å²) in [4.78, 5) is 14.5. The van der Waals surface area contributed by atoms with Crippen LogP contribution in [0.15, 0.2) is 15.3 Å². The number of nitrogens with zero attached hydrogens (tertiary/aromatic N) is 1. The number of carbonyl (C=O) groups excluding carboxylic acids is 1. The molecule has 76 valence electrons. The van der Waals surface area contributed by atoms with Crippen molar-refractivity contribution in [2.45, 2.75) is 6.43 Å². The minimum absolute atomic E-state index is 0.0407. The first kappa shape index (κ1) is 12.0. The maximum absolute atomic E-state index is 12.5. The first-order valence-corrected chi connectivity index (χ1v) is 5.23. The van der Waals surface area contributed by atoms with E-state index in [0.717, 1.165) is 6.20 Å². The second kappa shape index (κ2) is 4.63. The number of aromatic nitrogens is 1. The minimum Gasteiger partial charge on any atom is -0.276 e. The van der Waals surface area contributed by atoms with Crippen LogP contribution in [-0.4, -0.2) is 10.2 Å². The summed E-state index contributed by atoms with van der Waals surface area (Å²) >= 11 is 11.0. The minimum atomic E-state index is -2.79. The molecule has 0 N–H and O–H groups in total. The third-order valence-corrected chi connectivity index (χ3v) is 3.58. The van der Waals surface area contributed by atoms with Crippen molar-refractivity contribution in [1.29, 1.82) is 0 Å². The summed E-state index contributed by atoms with van der Waals surface area (Å²) in [5.41, 5.74) is -0.747. The molecular weight excluding hydrogens is 347 g/mol. The molecule has 0 fully saturated rings. The second-order valence-electron chi connectivity index (χ2n) is 2.26. The molecule has 0 aliphatic heterocycles. The second-order valence-corrected chi connectivity index (χ2v) is 4.15. The average Bonchev–Trinajstić information content (AvgIpc) is 2.08. The summed E-state index contributed by atoms with van der Waals surface area (Å²) in [7, 11) is 0. The van der Waals surface area contributed by atoms with Gasteiger partial charge in [-0.1, -0.05) is 0 Å². The third kappa shape index (κ3) is 2.29. The lowest BCUT2D eigenvalue weighted by molar-refractivity contribution is 0.106. The Labute approximate surface area is 99.9 Å². The molecule has 0 aliphatic carbocycles. The van der Waals surface area contributed by atoms with Crippen molar-refractivity contribution >= 4 is 48.7 Å². The van der Waals surface area contributed by atoms with Gasteiger partial charge in [0.1, 0.15) is 4.60 Å². The number of rotatable bonds is 2. The fourth-order valence-electron chi connectivity index (χ4n) is 0.847. The van der Waals surface area contributed by atoms with Crippen LogP contribution in [0.25, 0.3) is 0 Å². The summed E-state index contributed by atoms with van der Waals surface area (Å²) in [6, 6.07) is 0. The topological polar surface area (TPSA) is 30.0 Å². The van der Waals surface area contributed by atoms with E-state index in [1.165, 1.54) is 0 Å². The van der Waals surface area contributed by atoms with Gasteiger partial charge in [0, 0.05) is 11.8 Å². The molecule has 1 heterocycles. The molecule has 0 radical (unpaired) electrons. The van der Waals surface area contributed by atoms with E-state index in [1.54, 1.807) is 0 Å². The zero-order valence-corrected chi connectivity index (χ0v) is 10.3. The lowest BCUT2D eigenvalue weighted by atomic mass is 10.1. The Kier molecular flexibility index (Phi) is 3.97. The molecule has 2 nitrogen and oxygen atoms in total. The molecule has 1 aromatic heterocycles. The van der Waals surface area contributed by atoms with Crippen molar-refractivity contribution in [3.8, 4) is 0 Å². The maximum atomic E-state index is 12.5. The van der Waals surface area contributed by atoms with Crippen LogP contribution < -0.4 is 0 Å². The van der Waals surface area contributed by atoms with Gasteiger partial charge >= 0.3 is 0 Å². The lowest BCUT2D eigenvalue weighted by Gasteiger charge is -2.07. The van der Waals surface area contributed by atoms with Crippen LogP contribution in [0.5, 0.6) is 0 Å². The Bertz CT molecular complexity index is 386. The van der Waals surface area contributed by atoms with Crippen molar-refractivity contribution in [3.05, 3.63) is 26.4 Å². The highest BCUT2D eigenvalue weighted by Gasteiger charge is 2.22. The van der Waals surface area contributed by atoms with E-state index in [9.17, 15) is 13.6 Å². The van der Waals surface area contributed by atoms with E-state index in [4.69, 9.17) is 11.6 Å². The van der Waals surface area contributed by atoms with Gasteiger partial charge in [0.05, 0.1) is 10.0 Å². The predicted octanol–water partition coefficient (Wildman–Crippen LogP) is 3.92. The highest BCUT2D eigenvalue weighted by atomic mass is 79.9. The average molecular weight is 349 g/mol. The van der Waals surface area contributed by atoms with Crippen LogP contribution >= 0.6 is 43.5 Å². The van der Waals surface area contributed by atoms with Gasteiger partial charge in [-0.2, -0.15) is 0 Å². The molecule has 0 atom stereocenters. The molecule has 1 aromatic rings. The van der Waals surface area contributed by atoms with Gasteiger partial charge < -0.3 is 0 Å². The van der Waals surface area contributed by atoms with E-state index in [0.29, 0.717) is 0 Å². The van der Waals surface area contributed by atoms with Crippen molar-refractivity contribution in [1.82, 2.24) is 4.98 Å². The molecule has 0 spiro atoms. The van der Waals surface area contributed by atoms with Crippen molar-refractivity contribution in [3.63, 3.8) is 0 Å². The number of alkyl halides is 2. The van der Waals surface area contributed by atoms with Gasteiger partial charge in [0.2, 0.25) is 0 Å². The van der Waals surface area contributed by atoms with Gasteiger partial charge in [-0.25, -0.2) is 13.8 Å². The number of pyridine rings is 1. The smallest absolute Gasteiger partial charge is 0.265 e. The van der Waals surface area contributed by atoms with Crippen LogP contribution in [-0.2, 0) is 0 Å². The molecule has 0 unspecified atom stereocenters. The van der Waals surface area contributed by atoms with Crippen LogP contribution in [0.1, 0.15) is 22.3 Å². The van der Waals surface area contributed by atoms with Gasteiger partial charge in [-0.15, -0.1) is 0 Å². The monoisotopic (exact) mass is 347 g/mol. The molecule has 0 saturated carbocycles. The summed E-state index contributed by atoms with van der Waals surface area (Å²) in [5.74, 6) is 0. The molecule has 0 saturated heterocycles. The number of hydrogen-bond acceptors (Lipinski definition) is 2. The van der Waals surface area contributed by atoms with Crippen LogP contribution in [0.4, 0.5) is 8.78 Å². The molecule has 0 amide bonds. The van der Waals surface area contributed by atoms with Crippen LogP contribution in [0.3, 0.4) is 0 Å². The van der Waals surface area contributed by atoms with E-state index < -0.39 is 17.2 Å². The summed E-state index contributed by atoms with van der Waals surface area (Å²) < 4.78 is 25.3. The standard InChI is InChI=1S/C7H2Br2ClF2NO/c8-4-3(7(11)12)2(6(10)14)1-13-5(4)9/h1,7H. The first-order chi connectivity index (χ1) is 6.45. The molecule has 1 rings (SSSR count). The van der Waals surface area contributed by atoms with Gasteiger partial charge in [0.25, 0.3) is 11.7 Å². The molecular formula is C7H2Br2ClF2NO. The fourth-order valence-corrected chi connectivity index (χ4v) is 1.80. The number of halogens is 5. The predicted molar refractivity (Wildman–Crippen MR) is 54.8 cm³/mol. The van der Waals surface area contributed by atoms with Crippen LogP contribution in [0.2, 0.25) is 0 Å². The normalized spacial score (nSPS) is 10.7. The van der Waals surface area contributed by atoms with E-state index in [1.807, 2.05) is 0 Å². The largest absolute Gasteiger partial charge is 0.276 e. The van der Waals surface area contributed by atoms with Gasteiger partial charge in [0.15, 0.2) is 0 Å². The Morgan fingerprint density at radius 1 is 1.50 bits per heavy atom. The number of carbonyl (C=O) groups is 1. The Balaban J connectivity index is 3.45. The Morgan fingerprint density at radius 2 is 2.07 bits per heavy atom. The quantitative estimate of drug-likeness (QED) is 0.598. The zero-order valence-electron chi connectivity index (χ0n) is 6.40.